The van der Waals surface area contributed by atoms with Crippen molar-refractivity contribution < 1.29 is 9.31 Å². The van der Waals surface area contributed by atoms with Gasteiger partial charge >= 0.3 is 7.12 Å². The van der Waals surface area contributed by atoms with Crippen LogP contribution in [0.4, 0.5) is 0 Å². The fraction of sp³-hybridized carbons (Fsp3) is 1.00. The standard InChI is InChI=1S/C20H41BO2/c1-7-9-11-13-15-18(16-14-12-10-8-2)17-21-22-19(3,4)20(5,6)23-21/h18H,7-17H2,1-6H3. The normalized spacial score (nSPS) is 19.7. The molecule has 0 saturated carbocycles. The van der Waals surface area contributed by atoms with Crippen molar-refractivity contribution >= 4 is 7.12 Å². The van der Waals surface area contributed by atoms with Crippen LogP contribution in [0.15, 0.2) is 0 Å². The molecule has 0 atom stereocenters. The highest BCUT2D eigenvalue weighted by molar-refractivity contribution is 6.45. The monoisotopic (exact) mass is 324 g/mol. The van der Waals surface area contributed by atoms with Crippen molar-refractivity contribution in [1.29, 1.82) is 0 Å². The highest BCUT2D eigenvalue weighted by Gasteiger charge is 2.51. The minimum Gasteiger partial charge on any atom is -0.403 e. The van der Waals surface area contributed by atoms with Crippen molar-refractivity contribution in [2.45, 2.75) is 123 Å². The van der Waals surface area contributed by atoms with E-state index in [1.165, 1.54) is 64.2 Å². The Hall–Kier alpha value is -0.0151. The van der Waals surface area contributed by atoms with Gasteiger partial charge in [-0.1, -0.05) is 78.1 Å². The van der Waals surface area contributed by atoms with E-state index in [1.54, 1.807) is 0 Å². The Morgan fingerprint density at radius 1 is 0.696 bits per heavy atom. The second-order valence-corrected chi connectivity index (χ2v) is 8.49. The molecule has 1 aliphatic heterocycles. The molecule has 1 fully saturated rings. The smallest absolute Gasteiger partial charge is 0.403 e. The van der Waals surface area contributed by atoms with Crippen LogP contribution in [0.3, 0.4) is 0 Å². The molecule has 1 rings (SSSR count). The van der Waals surface area contributed by atoms with Crippen LogP contribution in [0.25, 0.3) is 0 Å². The summed E-state index contributed by atoms with van der Waals surface area (Å²) in [6, 6.07) is 0. The maximum absolute atomic E-state index is 6.23. The summed E-state index contributed by atoms with van der Waals surface area (Å²) in [6.45, 7) is 13.2. The zero-order chi connectivity index (χ0) is 17.3. The lowest BCUT2D eigenvalue weighted by Gasteiger charge is -2.32. The van der Waals surface area contributed by atoms with Gasteiger partial charge in [0, 0.05) is 0 Å². The van der Waals surface area contributed by atoms with Gasteiger partial charge in [0.15, 0.2) is 0 Å². The van der Waals surface area contributed by atoms with E-state index >= 15 is 0 Å². The molecule has 0 spiro atoms. The maximum Gasteiger partial charge on any atom is 0.458 e. The number of hydrogen-bond donors (Lipinski definition) is 0. The van der Waals surface area contributed by atoms with Gasteiger partial charge in [-0.05, 0) is 39.9 Å². The minimum absolute atomic E-state index is 0.0117. The summed E-state index contributed by atoms with van der Waals surface area (Å²) in [5.74, 6) is 0.762. The summed E-state index contributed by atoms with van der Waals surface area (Å²) in [5.41, 5.74) is -0.376. The predicted molar refractivity (Wildman–Crippen MR) is 102 cm³/mol. The van der Waals surface area contributed by atoms with Crippen LogP contribution in [0.5, 0.6) is 0 Å². The summed E-state index contributed by atoms with van der Waals surface area (Å²) >= 11 is 0. The fourth-order valence-electron chi connectivity index (χ4n) is 3.43. The van der Waals surface area contributed by atoms with Crippen molar-refractivity contribution in [1.82, 2.24) is 0 Å². The molecule has 0 N–H and O–H groups in total. The summed E-state index contributed by atoms with van der Waals surface area (Å²) in [6.07, 6.45) is 14.6. The van der Waals surface area contributed by atoms with E-state index in [2.05, 4.69) is 41.5 Å². The lowest BCUT2D eigenvalue weighted by Crippen LogP contribution is -2.41. The Bertz CT molecular complexity index is 287. The Morgan fingerprint density at radius 3 is 1.52 bits per heavy atom. The van der Waals surface area contributed by atoms with Gasteiger partial charge in [0.25, 0.3) is 0 Å². The van der Waals surface area contributed by atoms with Gasteiger partial charge in [-0.3, -0.25) is 0 Å². The van der Waals surface area contributed by atoms with Crippen molar-refractivity contribution in [3.63, 3.8) is 0 Å². The van der Waals surface area contributed by atoms with Gasteiger partial charge in [-0.2, -0.15) is 0 Å². The first-order valence-corrected chi connectivity index (χ1v) is 10.2. The van der Waals surface area contributed by atoms with Gasteiger partial charge in [-0.15, -0.1) is 0 Å². The topological polar surface area (TPSA) is 18.5 Å². The van der Waals surface area contributed by atoms with E-state index in [-0.39, 0.29) is 18.3 Å². The summed E-state index contributed by atoms with van der Waals surface area (Å²) in [4.78, 5) is 0. The minimum atomic E-state index is -0.188. The molecule has 1 heterocycles. The van der Waals surface area contributed by atoms with Gasteiger partial charge in [0.05, 0.1) is 11.2 Å². The molecule has 1 aliphatic rings. The van der Waals surface area contributed by atoms with Gasteiger partial charge < -0.3 is 9.31 Å². The molecular formula is C20H41BO2. The molecule has 0 aliphatic carbocycles. The molecule has 3 heteroatoms. The zero-order valence-electron chi connectivity index (χ0n) is 16.7. The van der Waals surface area contributed by atoms with E-state index in [9.17, 15) is 0 Å². The largest absolute Gasteiger partial charge is 0.458 e. The molecule has 0 aromatic rings. The molecule has 0 aromatic heterocycles. The third-order valence-corrected chi connectivity index (χ3v) is 5.76. The molecule has 0 radical (unpaired) electrons. The molecule has 0 bridgehead atoms. The van der Waals surface area contributed by atoms with E-state index in [1.807, 2.05) is 0 Å². The number of rotatable bonds is 12. The van der Waals surface area contributed by atoms with Crippen LogP contribution in [0, 0.1) is 5.92 Å². The van der Waals surface area contributed by atoms with Crippen molar-refractivity contribution in [2.24, 2.45) is 5.92 Å². The quantitative estimate of drug-likeness (QED) is 0.296. The van der Waals surface area contributed by atoms with Crippen LogP contribution < -0.4 is 0 Å². The highest BCUT2D eigenvalue weighted by Crippen LogP contribution is 2.39. The third-order valence-electron chi connectivity index (χ3n) is 5.76. The molecule has 1 saturated heterocycles. The third kappa shape index (κ3) is 7.17. The summed E-state index contributed by atoms with van der Waals surface area (Å²) in [7, 11) is -0.0117. The first-order chi connectivity index (χ1) is 10.8. The Kier molecular flexibility index (Phi) is 9.22. The van der Waals surface area contributed by atoms with Crippen LogP contribution in [-0.4, -0.2) is 18.3 Å². The maximum atomic E-state index is 6.23. The summed E-state index contributed by atoms with van der Waals surface area (Å²) < 4.78 is 12.5. The van der Waals surface area contributed by atoms with Crippen molar-refractivity contribution in [3.05, 3.63) is 0 Å². The molecule has 136 valence electrons. The number of hydrogen-bond acceptors (Lipinski definition) is 2. The van der Waals surface area contributed by atoms with Crippen LogP contribution in [-0.2, 0) is 9.31 Å². The lowest BCUT2D eigenvalue weighted by atomic mass is 9.74. The van der Waals surface area contributed by atoms with Crippen LogP contribution >= 0.6 is 0 Å². The average Bonchev–Trinajstić information content (AvgIpc) is 2.66. The summed E-state index contributed by atoms with van der Waals surface area (Å²) in [5, 5.41) is 0. The molecule has 2 nitrogen and oxygen atoms in total. The van der Waals surface area contributed by atoms with E-state index in [0.717, 1.165) is 12.2 Å². The van der Waals surface area contributed by atoms with E-state index in [0.29, 0.717) is 0 Å². The first-order valence-electron chi connectivity index (χ1n) is 10.2. The molecule has 0 aromatic carbocycles. The van der Waals surface area contributed by atoms with Gasteiger partial charge in [-0.25, -0.2) is 0 Å². The molecule has 23 heavy (non-hydrogen) atoms. The second kappa shape index (κ2) is 10.1. The fourth-order valence-corrected chi connectivity index (χ4v) is 3.43. The average molecular weight is 324 g/mol. The Labute approximate surface area is 146 Å². The predicted octanol–water partition coefficient (Wildman–Crippen LogP) is 6.64. The van der Waals surface area contributed by atoms with E-state index < -0.39 is 0 Å². The Balaban J connectivity index is 2.44. The van der Waals surface area contributed by atoms with Crippen molar-refractivity contribution in [2.75, 3.05) is 0 Å². The van der Waals surface area contributed by atoms with Gasteiger partial charge in [0.2, 0.25) is 0 Å². The molecular weight excluding hydrogens is 283 g/mol. The lowest BCUT2D eigenvalue weighted by molar-refractivity contribution is 0.00578. The van der Waals surface area contributed by atoms with Crippen LogP contribution in [0.1, 0.15) is 106 Å². The first kappa shape index (κ1) is 21.0. The highest BCUT2D eigenvalue weighted by atomic mass is 16.7. The molecule has 0 unspecified atom stereocenters. The SMILES string of the molecule is CCCCCCC(CCCCCC)CB1OC(C)(C)C(C)(C)O1. The molecule has 0 amide bonds. The zero-order valence-corrected chi connectivity index (χ0v) is 16.7. The van der Waals surface area contributed by atoms with Gasteiger partial charge in [0.1, 0.15) is 0 Å². The number of unbranched alkanes of at least 4 members (excludes halogenated alkanes) is 6. The van der Waals surface area contributed by atoms with Crippen LogP contribution in [0.2, 0.25) is 6.32 Å². The Morgan fingerprint density at radius 2 is 1.13 bits per heavy atom. The second-order valence-electron chi connectivity index (χ2n) is 8.49. The van der Waals surface area contributed by atoms with Crippen molar-refractivity contribution in [3.8, 4) is 0 Å². The van der Waals surface area contributed by atoms with E-state index in [4.69, 9.17) is 9.31 Å².